The van der Waals surface area contributed by atoms with Gasteiger partial charge in [-0.25, -0.2) is 0 Å². The Hall–Kier alpha value is -1.91. The van der Waals surface area contributed by atoms with Gasteiger partial charge in [0.05, 0.1) is 12.1 Å². The van der Waals surface area contributed by atoms with Crippen molar-refractivity contribution in [2.24, 2.45) is 5.73 Å². The molecule has 3 N–H and O–H groups in total. The summed E-state index contributed by atoms with van der Waals surface area (Å²) in [6, 6.07) is 9.21. The molecule has 0 aliphatic heterocycles. The van der Waals surface area contributed by atoms with Crippen LogP contribution < -0.4 is 5.73 Å². The summed E-state index contributed by atoms with van der Waals surface area (Å²) in [5, 5.41) is 8.82. The van der Waals surface area contributed by atoms with E-state index in [4.69, 9.17) is 10.8 Å². The van der Waals surface area contributed by atoms with Crippen LogP contribution in [0.5, 0.6) is 0 Å². The van der Waals surface area contributed by atoms with Gasteiger partial charge < -0.3 is 10.8 Å². The molecule has 0 spiro atoms. The number of hydrogen-bond acceptors (Lipinski definition) is 3. The van der Waals surface area contributed by atoms with Crippen LogP contribution >= 0.6 is 12.4 Å². The summed E-state index contributed by atoms with van der Waals surface area (Å²) in [6.07, 6.45) is 1.59. The first-order valence-corrected chi connectivity index (χ1v) is 6.49. The minimum absolute atomic E-state index is 0. The van der Waals surface area contributed by atoms with Gasteiger partial charge in [-0.05, 0) is 42.7 Å². The zero-order chi connectivity index (χ0) is 14.7. The molecule has 1 unspecified atom stereocenters. The fourth-order valence-electron chi connectivity index (χ4n) is 2.34. The van der Waals surface area contributed by atoms with Gasteiger partial charge in [0, 0.05) is 17.8 Å². The molecular weight excluding hydrogens is 288 g/mol. The first-order valence-electron chi connectivity index (χ1n) is 6.49. The van der Waals surface area contributed by atoms with Crippen molar-refractivity contribution in [1.82, 2.24) is 4.98 Å². The normalized spacial score (nSPS) is 11.6. The van der Waals surface area contributed by atoms with E-state index in [-0.39, 0.29) is 18.8 Å². The standard InChI is InChI=1S/C16H18N2O2.ClH/c1-10-4-3-5-11(2)16(10)14-8-12(6-7-18-14)13(17)9-15(19)20;/h3-8,13H,9,17H2,1-2H3,(H,19,20);1H. The number of aromatic nitrogens is 1. The molecule has 0 bridgehead atoms. The average Bonchev–Trinajstić information content (AvgIpc) is 2.38. The van der Waals surface area contributed by atoms with Crippen LogP contribution in [0.3, 0.4) is 0 Å². The molecule has 1 aromatic heterocycles. The number of rotatable bonds is 4. The second kappa shape index (κ2) is 7.20. The van der Waals surface area contributed by atoms with Gasteiger partial charge in [-0.1, -0.05) is 18.2 Å². The molecule has 0 aliphatic rings. The van der Waals surface area contributed by atoms with Crippen molar-refractivity contribution in [1.29, 1.82) is 0 Å². The maximum atomic E-state index is 10.8. The Bertz CT molecular complexity index is 624. The molecule has 0 saturated carbocycles. The van der Waals surface area contributed by atoms with Crippen molar-refractivity contribution in [2.75, 3.05) is 0 Å². The van der Waals surface area contributed by atoms with E-state index in [0.29, 0.717) is 0 Å². The number of pyridine rings is 1. The van der Waals surface area contributed by atoms with Gasteiger partial charge in [-0.15, -0.1) is 12.4 Å². The highest BCUT2D eigenvalue weighted by Gasteiger charge is 2.13. The number of nitrogens with zero attached hydrogens (tertiary/aromatic N) is 1. The van der Waals surface area contributed by atoms with Crippen molar-refractivity contribution < 1.29 is 9.90 Å². The number of nitrogens with two attached hydrogens (primary N) is 1. The maximum Gasteiger partial charge on any atom is 0.305 e. The quantitative estimate of drug-likeness (QED) is 0.909. The van der Waals surface area contributed by atoms with E-state index in [9.17, 15) is 4.79 Å². The smallest absolute Gasteiger partial charge is 0.305 e. The first-order chi connectivity index (χ1) is 9.49. The summed E-state index contributed by atoms with van der Waals surface area (Å²) < 4.78 is 0. The minimum Gasteiger partial charge on any atom is -0.481 e. The van der Waals surface area contributed by atoms with Crippen LogP contribution in [0, 0.1) is 13.8 Å². The van der Waals surface area contributed by atoms with E-state index in [0.717, 1.165) is 27.9 Å². The molecule has 0 aliphatic carbocycles. The van der Waals surface area contributed by atoms with Gasteiger partial charge >= 0.3 is 5.97 Å². The van der Waals surface area contributed by atoms with E-state index in [1.54, 1.807) is 12.3 Å². The third kappa shape index (κ3) is 4.03. The fraction of sp³-hybridized carbons (Fsp3) is 0.250. The molecule has 112 valence electrons. The zero-order valence-electron chi connectivity index (χ0n) is 12.0. The highest BCUT2D eigenvalue weighted by Crippen LogP contribution is 2.27. The number of aliphatic carboxylic acids is 1. The Labute approximate surface area is 130 Å². The third-order valence-electron chi connectivity index (χ3n) is 3.34. The number of hydrogen-bond donors (Lipinski definition) is 2. The van der Waals surface area contributed by atoms with E-state index >= 15 is 0 Å². The van der Waals surface area contributed by atoms with E-state index in [1.165, 1.54) is 0 Å². The topological polar surface area (TPSA) is 76.2 Å². The summed E-state index contributed by atoms with van der Waals surface area (Å²) in [7, 11) is 0. The number of aryl methyl sites for hydroxylation is 2. The molecule has 2 aromatic rings. The lowest BCUT2D eigenvalue weighted by Crippen LogP contribution is -2.15. The Balaban J connectivity index is 0.00000220. The van der Waals surface area contributed by atoms with Crippen LogP contribution in [0.1, 0.15) is 29.2 Å². The number of carboxylic acids is 1. The van der Waals surface area contributed by atoms with Crippen molar-refractivity contribution >= 4 is 18.4 Å². The highest BCUT2D eigenvalue weighted by atomic mass is 35.5. The van der Waals surface area contributed by atoms with Crippen molar-refractivity contribution in [3.05, 3.63) is 53.2 Å². The highest BCUT2D eigenvalue weighted by molar-refractivity contribution is 5.85. The number of carboxylic acid groups (broad SMARTS) is 1. The maximum absolute atomic E-state index is 10.8. The zero-order valence-corrected chi connectivity index (χ0v) is 12.9. The van der Waals surface area contributed by atoms with Crippen molar-refractivity contribution in [3.63, 3.8) is 0 Å². The molecule has 0 fully saturated rings. The van der Waals surface area contributed by atoms with Gasteiger partial charge in [0.2, 0.25) is 0 Å². The molecule has 5 heteroatoms. The summed E-state index contributed by atoms with van der Waals surface area (Å²) in [5.41, 5.74) is 10.9. The third-order valence-corrected chi connectivity index (χ3v) is 3.34. The number of halogens is 1. The Morgan fingerprint density at radius 1 is 1.29 bits per heavy atom. The first kappa shape index (κ1) is 17.1. The van der Waals surface area contributed by atoms with Crippen LogP contribution in [0.4, 0.5) is 0 Å². The van der Waals surface area contributed by atoms with Crippen LogP contribution in [0.15, 0.2) is 36.5 Å². The predicted octanol–water partition coefficient (Wildman–Crippen LogP) is 3.26. The Kier molecular flexibility index (Phi) is 5.88. The van der Waals surface area contributed by atoms with Gasteiger partial charge in [0.15, 0.2) is 0 Å². The van der Waals surface area contributed by atoms with Gasteiger partial charge in [-0.2, -0.15) is 0 Å². The van der Waals surface area contributed by atoms with Gasteiger partial charge in [0.1, 0.15) is 0 Å². The van der Waals surface area contributed by atoms with Crippen LogP contribution in [-0.2, 0) is 4.79 Å². The second-order valence-electron chi connectivity index (χ2n) is 4.95. The molecule has 2 rings (SSSR count). The molecule has 1 atom stereocenters. The van der Waals surface area contributed by atoms with Gasteiger partial charge in [0.25, 0.3) is 0 Å². The summed E-state index contributed by atoms with van der Waals surface area (Å²) in [4.78, 5) is 15.1. The summed E-state index contributed by atoms with van der Waals surface area (Å²) in [5.74, 6) is -0.900. The predicted molar refractivity (Wildman–Crippen MR) is 85.6 cm³/mol. The molecule has 21 heavy (non-hydrogen) atoms. The number of carbonyl (C=O) groups is 1. The second-order valence-corrected chi connectivity index (χ2v) is 4.95. The summed E-state index contributed by atoms with van der Waals surface area (Å²) >= 11 is 0. The SMILES string of the molecule is Cc1cccc(C)c1-c1cc(C(N)CC(=O)O)ccn1.Cl. The van der Waals surface area contributed by atoms with Gasteiger partial charge in [-0.3, -0.25) is 9.78 Å². The molecule has 1 aromatic carbocycles. The monoisotopic (exact) mass is 306 g/mol. The number of benzene rings is 1. The lowest BCUT2D eigenvalue weighted by atomic mass is 9.97. The fourth-order valence-corrected chi connectivity index (χ4v) is 2.34. The Morgan fingerprint density at radius 3 is 2.48 bits per heavy atom. The van der Waals surface area contributed by atoms with Crippen LogP contribution in [0.2, 0.25) is 0 Å². The van der Waals surface area contributed by atoms with E-state index < -0.39 is 12.0 Å². The van der Waals surface area contributed by atoms with Crippen LogP contribution in [-0.4, -0.2) is 16.1 Å². The average molecular weight is 307 g/mol. The van der Waals surface area contributed by atoms with Crippen molar-refractivity contribution in [3.8, 4) is 11.3 Å². The lowest BCUT2D eigenvalue weighted by molar-refractivity contribution is -0.137. The molecule has 0 radical (unpaired) electrons. The molecular formula is C16H19ClN2O2. The largest absolute Gasteiger partial charge is 0.481 e. The lowest BCUT2D eigenvalue weighted by Gasteiger charge is -2.13. The molecule has 0 amide bonds. The molecule has 0 saturated heterocycles. The summed E-state index contributed by atoms with van der Waals surface area (Å²) in [6.45, 7) is 4.07. The Morgan fingerprint density at radius 2 is 1.90 bits per heavy atom. The van der Waals surface area contributed by atoms with Crippen LogP contribution in [0.25, 0.3) is 11.3 Å². The molecule has 4 nitrogen and oxygen atoms in total. The van der Waals surface area contributed by atoms with E-state index in [1.807, 2.05) is 38.1 Å². The minimum atomic E-state index is -0.900. The van der Waals surface area contributed by atoms with E-state index in [2.05, 4.69) is 4.98 Å². The van der Waals surface area contributed by atoms with Crippen molar-refractivity contribution in [2.45, 2.75) is 26.3 Å². The molecule has 1 heterocycles.